The van der Waals surface area contributed by atoms with Gasteiger partial charge in [-0.25, -0.2) is 0 Å². The van der Waals surface area contributed by atoms with E-state index in [2.05, 4.69) is 5.32 Å². The van der Waals surface area contributed by atoms with E-state index in [1.54, 1.807) is 12.1 Å². The molecule has 1 aromatic rings. The van der Waals surface area contributed by atoms with Gasteiger partial charge < -0.3 is 15.1 Å². The Hall–Kier alpha value is -2.76. The van der Waals surface area contributed by atoms with Crippen LogP contribution in [0.3, 0.4) is 0 Å². The number of hydrogen-bond donors (Lipinski definition) is 1. The molecule has 9 heteroatoms. The van der Waals surface area contributed by atoms with E-state index >= 15 is 0 Å². The van der Waals surface area contributed by atoms with E-state index in [-0.39, 0.29) is 41.5 Å². The summed E-state index contributed by atoms with van der Waals surface area (Å²) in [6.45, 7) is 2.21. The molecule has 6 nitrogen and oxygen atoms in total. The van der Waals surface area contributed by atoms with Crippen LogP contribution in [-0.2, 0) is 15.8 Å². The van der Waals surface area contributed by atoms with Crippen LogP contribution in [0.5, 0.6) is 0 Å². The molecule has 1 aromatic carbocycles. The van der Waals surface area contributed by atoms with E-state index in [9.17, 15) is 22.8 Å². The van der Waals surface area contributed by atoms with Crippen molar-refractivity contribution in [1.29, 1.82) is 5.26 Å². The summed E-state index contributed by atoms with van der Waals surface area (Å²) >= 11 is 0. The van der Waals surface area contributed by atoms with Crippen molar-refractivity contribution in [1.82, 2.24) is 10.2 Å². The first kappa shape index (κ1) is 24.0. The number of carbonyl (C=O) groups is 2. The lowest BCUT2D eigenvalue weighted by Crippen LogP contribution is -2.46. The molecule has 0 bridgehead atoms. The third kappa shape index (κ3) is 4.98. The average Bonchev–Trinajstić information content (AvgIpc) is 3.50. The lowest BCUT2D eigenvalue weighted by molar-refractivity contribution is -0.140. The highest BCUT2D eigenvalue weighted by Crippen LogP contribution is 2.41. The number of rotatable bonds is 5. The first-order valence-corrected chi connectivity index (χ1v) is 12.7. The van der Waals surface area contributed by atoms with E-state index in [0.29, 0.717) is 31.9 Å². The Balaban J connectivity index is 1.32. The molecule has 0 unspecified atom stereocenters. The van der Waals surface area contributed by atoms with Crippen LogP contribution >= 0.6 is 0 Å². The molecule has 4 aliphatic rings. The second-order valence-electron chi connectivity index (χ2n) is 10.6. The molecule has 1 N–H and O–H groups in total. The van der Waals surface area contributed by atoms with Gasteiger partial charge in [0.15, 0.2) is 0 Å². The summed E-state index contributed by atoms with van der Waals surface area (Å²) in [7, 11) is 0. The zero-order valence-electron chi connectivity index (χ0n) is 19.7. The first-order valence-electron chi connectivity index (χ1n) is 12.7. The maximum absolute atomic E-state index is 13.5. The molecule has 2 aliphatic heterocycles. The van der Waals surface area contributed by atoms with Crippen molar-refractivity contribution in [2.24, 2.45) is 23.7 Å². The number of benzene rings is 1. The maximum Gasteiger partial charge on any atom is 0.417 e. The zero-order valence-corrected chi connectivity index (χ0v) is 19.7. The van der Waals surface area contributed by atoms with Gasteiger partial charge in [-0.1, -0.05) is 6.42 Å². The SMILES string of the molecule is N#Cc1ccc(N2C[C@@H](C(=O)NC3CC3)[C@H](C3CCN(C(=O)C4CCC4)CC3)C2)cc1C(F)(F)F. The van der Waals surface area contributed by atoms with Crippen molar-refractivity contribution < 1.29 is 22.8 Å². The zero-order chi connectivity index (χ0) is 24.7. The Bertz CT molecular complexity index is 1020. The van der Waals surface area contributed by atoms with Crippen LogP contribution in [0.15, 0.2) is 18.2 Å². The van der Waals surface area contributed by atoms with Gasteiger partial charge >= 0.3 is 6.18 Å². The fourth-order valence-electron chi connectivity index (χ4n) is 5.85. The molecule has 35 heavy (non-hydrogen) atoms. The molecule has 0 radical (unpaired) electrons. The number of likely N-dealkylation sites (tertiary alicyclic amines) is 1. The predicted molar refractivity (Wildman–Crippen MR) is 123 cm³/mol. The molecule has 0 aromatic heterocycles. The summed E-state index contributed by atoms with van der Waals surface area (Å²) in [5.41, 5.74) is -0.952. The van der Waals surface area contributed by atoms with Gasteiger partial charge in [0.25, 0.3) is 0 Å². The largest absolute Gasteiger partial charge is 0.417 e. The highest BCUT2D eigenvalue weighted by Gasteiger charge is 2.45. The third-order valence-corrected chi connectivity index (χ3v) is 8.33. The molecular formula is C26H31F3N4O2. The predicted octanol–water partition coefficient (Wildman–Crippen LogP) is 3.95. The molecule has 2 amide bonds. The van der Waals surface area contributed by atoms with E-state index in [4.69, 9.17) is 5.26 Å². The van der Waals surface area contributed by atoms with E-state index in [0.717, 1.165) is 51.0 Å². The summed E-state index contributed by atoms with van der Waals surface area (Å²) in [6, 6.07) is 5.65. The van der Waals surface area contributed by atoms with Crippen molar-refractivity contribution in [2.45, 2.75) is 57.2 Å². The number of halogens is 3. The summed E-state index contributed by atoms with van der Waals surface area (Å²) < 4.78 is 40.6. The van der Waals surface area contributed by atoms with Crippen LogP contribution in [0.4, 0.5) is 18.9 Å². The number of hydrogen-bond acceptors (Lipinski definition) is 4. The van der Waals surface area contributed by atoms with Crippen LogP contribution in [-0.4, -0.2) is 48.9 Å². The number of nitriles is 1. The third-order valence-electron chi connectivity index (χ3n) is 8.33. The number of amides is 2. The van der Waals surface area contributed by atoms with Crippen LogP contribution in [0.25, 0.3) is 0 Å². The van der Waals surface area contributed by atoms with Crippen molar-refractivity contribution in [3.8, 4) is 6.07 Å². The molecule has 2 aliphatic carbocycles. The fraction of sp³-hybridized carbons (Fsp3) is 0.654. The molecule has 2 saturated carbocycles. The quantitative estimate of drug-likeness (QED) is 0.681. The van der Waals surface area contributed by atoms with Gasteiger partial charge in [0, 0.05) is 43.8 Å². The Morgan fingerprint density at radius 3 is 2.31 bits per heavy atom. The Kier molecular flexibility index (Phi) is 6.41. The van der Waals surface area contributed by atoms with Gasteiger partial charge in [0.2, 0.25) is 11.8 Å². The van der Waals surface area contributed by atoms with Crippen molar-refractivity contribution in [2.75, 3.05) is 31.1 Å². The van der Waals surface area contributed by atoms with Crippen LogP contribution in [0, 0.1) is 35.0 Å². The normalized spacial score (nSPS) is 25.8. The number of piperidine rings is 1. The minimum Gasteiger partial charge on any atom is -0.370 e. The highest BCUT2D eigenvalue weighted by atomic mass is 19.4. The van der Waals surface area contributed by atoms with E-state index in [1.807, 2.05) is 9.80 Å². The van der Waals surface area contributed by atoms with Crippen molar-refractivity contribution >= 4 is 17.5 Å². The van der Waals surface area contributed by atoms with Crippen molar-refractivity contribution in [3.05, 3.63) is 29.3 Å². The van der Waals surface area contributed by atoms with Crippen LogP contribution < -0.4 is 10.2 Å². The van der Waals surface area contributed by atoms with Gasteiger partial charge in [-0.2, -0.15) is 18.4 Å². The molecule has 2 atom stereocenters. The van der Waals surface area contributed by atoms with Crippen LogP contribution in [0.1, 0.15) is 56.1 Å². The molecule has 0 spiro atoms. The Morgan fingerprint density at radius 2 is 1.74 bits per heavy atom. The molecule has 2 heterocycles. The smallest absolute Gasteiger partial charge is 0.370 e. The number of nitrogens with zero attached hydrogens (tertiary/aromatic N) is 3. The minimum absolute atomic E-state index is 0.0136. The van der Waals surface area contributed by atoms with Gasteiger partial charge in [0.05, 0.1) is 23.1 Å². The Labute approximate surface area is 203 Å². The molecule has 188 valence electrons. The molecule has 5 rings (SSSR count). The van der Waals surface area contributed by atoms with Crippen molar-refractivity contribution in [3.63, 3.8) is 0 Å². The maximum atomic E-state index is 13.5. The number of nitrogens with one attached hydrogen (secondary N) is 1. The van der Waals surface area contributed by atoms with Gasteiger partial charge in [-0.3, -0.25) is 9.59 Å². The summed E-state index contributed by atoms with van der Waals surface area (Å²) in [5.74, 6) is 0.352. The van der Waals surface area contributed by atoms with Gasteiger partial charge in [-0.15, -0.1) is 0 Å². The highest BCUT2D eigenvalue weighted by molar-refractivity contribution is 5.81. The molecule has 2 saturated heterocycles. The lowest BCUT2D eigenvalue weighted by Gasteiger charge is -2.39. The number of alkyl halides is 3. The number of carbonyl (C=O) groups excluding carboxylic acids is 2. The van der Waals surface area contributed by atoms with Gasteiger partial charge in [0.1, 0.15) is 0 Å². The number of anilines is 1. The minimum atomic E-state index is -4.62. The molecular weight excluding hydrogens is 457 g/mol. The average molecular weight is 489 g/mol. The van der Waals surface area contributed by atoms with Crippen LogP contribution in [0.2, 0.25) is 0 Å². The molecule has 4 fully saturated rings. The second-order valence-corrected chi connectivity index (χ2v) is 10.6. The standard InChI is InChI=1S/C26H31F3N4O2/c27-26(28,29)23-12-20(7-4-18(23)13-30)33-14-21(22(15-33)24(34)31-19-5-6-19)16-8-10-32(11-9-16)25(35)17-2-1-3-17/h4,7,12,16-17,19,21-22H,1-3,5-6,8-11,14-15H2,(H,31,34)/t21-,22+/m0/s1. The second kappa shape index (κ2) is 9.36. The van der Waals surface area contributed by atoms with E-state index < -0.39 is 17.3 Å². The fourth-order valence-corrected chi connectivity index (χ4v) is 5.85. The Morgan fingerprint density at radius 1 is 1.03 bits per heavy atom. The van der Waals surface area contributed by atoms with E-state index in [1.165, 1.54) is 6.07 Å². The summed E-state index contributed by atoms with van der Waals surface area (Å²) in [4.78, 5) is 29.6. The van der Waals surface area contributed by atoms with Gasteiger partial charge in [-0.05, 0) is 68.6 Å². The first-order chi connectivity index (χ1) is 16.7. The lowest BCUT2D eigenvalue weighted by atomic mass is 9.77. The topological polar surface area (TPSA) is 76.4 Å². The summed E-state index contributed by atoms with van der Waals surface area (Å²) in [5, 5.41) is 12.2. The summed E-state index contributed by atoms with van der Waals surface area (Å²) in [6.07, 6.45) is 2.01. The monoisotopic (exact) mass is 488 g/mol.